The normalized spacial score (nSPS) is 15.4. The molecule has 1 saturated heterocycles. The largest absolute Gasteiger partial charge is 0.480 e. The molecule has 1 amide bonds. The molecule has 0 saturated carbocycles. The van der Waals surface area contributed by atoms with Gasteiger partial charge in [0.15, 0.2) is 0 Å². The van der Waals surface area contributed by atoms with Crippen molar-refractivity contribution in [2.75, 3.05) is 14.2 Å². The van der Waals surface area contributed by atoms with Crippen LogP contribution in [0.2, 0.25) is 10.0 Å². The number of rotatable bonds is 10. The Bertz CT molecular complexity index is 1610. The topological polar surface area (TPSA) is 125 Å². The van der Waals surface area contributed by atoms with Crippen molar-refractivity contribution >= 4 is 29.1 Å². The summed E-state index contributed by atoms with van der Waals surface area (Å²) in [7, 11) is 3.11. The number of hydrogen-bond acceptors (Lipinski definition) is 8. The number of benzene rings is 2. The molecule has 2 aromatic carbocycles. The zero-order valence-electron chi connectivity index (χ0n) is 23.7. The average Bonchev–Trinajstić information content (AvgIpc) is 3.42. The second kappa shape index (κ2) is 13.0. The van der Waals surface area contributed by atoms with E-state index in [0.717, 1.165) is 36.1 Å². The van der Waals surface area contributed by atoms with Gasteiger partial charge in [0.05, 0.1) is 48.0 Å². The summed E-state index contributed by atoms with van der Waals surface area (Å²) in [5, 5.41) is 3.96. The molecular weight excluding hydrogens is 575 g/mol. The molecule has 1 fully saturated rings. The van der Waals surface area contributed by atoms with Gasteiger partial charge < -0.3 is 20.5 Å². The van der Waals surface area contributed by atoms with Gasteiger partial charge in [-0.1, -0.05) is 59.6 Å². The van der Waals surface area contributed by atoms with Crippen LogP contribution in [-0.4, -0.2) is 46.1 Å². The molecule has 5 rings (SSSR count). The van der Waals surface area contributed by atoms with E-state index in [-0.39, 0.29) is 18.0 Å². The molecule has 1 aliphatic rings. The molecule has 0 spiro atoms. The SMILES string of the molecule is COc1nc(-c2cccc(-c3cccc(-c4cnc([C@H](C)N)c(OC)n4)c3Cl)c2Cl)cnc1CCC[C@@H]1CCC(=O)N1. The lowest BCUT2D eigenvalue weighted by Gasteiger charge is -2.15. The van der Waals surface area contributed by atoms with Crippen molar-refractivity contribution in [3.8, 4) is 45.4 Å². The molecule has 1 aliphatic heterocycles. The lowest BCUT2D eigenvalue weighted by molar-refractivity contribution is -0.119. The van der Waals surface area contributed by atoms with E-state index in [4.69, 9.17) is 43.4 Å². The van der Waals surface area contributed by atoms with Gasteiger partial charge in [-0.2, -0.15) is 0 Å². The molecule has 0 radical (unpaired) electrons. The third-order valence-corrected chi connectivity index (χ3v) is 8.10. The van der Waals surface area contributed by atoms with Crippen LogP contribution in [0.5, 0.6) is 11.8 Å². The van der Waals surface area contributed by atoms with Gasteiger partial charge >= 0.3 is 0 Å². The van der Waals surface area contributed by atoms with Gasteiger partial charge in [-0.05, 0) is 32.6 Å². The van der Waals surface area contributed by atoms with Crippen molar-refractivity contribution in [1.29, 1.82) is 0 Å². The summed E-state index contributed by atoms with van der Waals surface area (Å²) in [6, 6.07) is 11.3. The average molecular weight is 608 g/mol. The number of nitrogens with two attached hydrogens (primary N) is 1. The molecule has 42 heavy (non-hydrogen) atoms. The van der Waals surface area contributed by atoms with Gasteiger partial charge in [0, 0.05) is 40.8 Å². The van der Waals surface area contributed by atoms with Gasteiger partial charge in [-0.15, -0.1) is 0 Å². The van der Waals surface area contributed by atoms with Crippen molar-refractivity contribution < 1.29 is 14.3 Å². The highest BCUT2D eigenvalue weighted by atomic mass is 35.5. The molecular formula is C31H32Cl2N6O3. The highest BCUT2D eigenvalue weighted by molar-refractivity contribution is 6.39. The predicted octanol–water partition coefficient (Wildman–Crippen LogP) is 6.21. The quantitative estimate of drug-likeness (QED) is 0.218. The van der Waals surface area contributed by atoms with Crippen LogP contribution in [0.25, 0.3) is 33.6 Å². The molecule has 218 valence electrons. The highest BCUT2D eigenvalue weighted by Crippen LogP contribution is 2.42. The van der Waals surface area contributed by atoms with Crippen LogP contribution < -0.4 is 20.5 Å². The Morgan fingerprint density at radius 3 is 2.05 bits per heavy atom. The van der Waals surface area contributed by atoms with Gasteiger partial charge in [0.25, 0.3) is 0 Å². The number of methoxy groups -OCH3 is 2. The van der Waals surface area contributed by atoms with E-state index in [9.17, 15) is 4.79 Å². The van der Waals surface area contributed by atoms with Gasteiger partial charge in [0.2, 0.25) is 17.7 Å². The Kier molecular flexibility index (Phi) is 9.21. The molecule has 0 aliphatic carbocycles. The molecule has 4 aromatic rings. The minimum absolute atomic E-state index is 0.124. The molecule has 0 unspecified atom stereocenters. The Labute approximate surface area is 254 Å². The number of carbonyl (C=O) groups is 1. The summed E-state index contributed by atoms with van der Waals surface area (Å²) < 4.78 is 11.0. The van der Waals surface area contributed by atoms with Crippen molar-refractivity contribution in [3.05, 3.63) is 70.2 Å². The fourth-order valence-corrected chi connectivity index (χ4v) is 5.77. The van der Waals surface area contributed by atoms with Crippen LogP contribution in [0.3, 0.4) is 0 Å². The minimum Gasteiger partial charge on any atom is -0.480 e. The monoisotopic (exact) mass is 606 g/mol. The zero-order chi connectivity index (χ0) is 29.8. The first kappa shape index (κ1) is 29.7. The summed E-state index contributed by atoms with van der Waals surface area (Å²) in [6.07, 6.45) is 7.27. The van der Waals surface area contributed by atoms with Crippen molar-refractivity contribution in [1.82, 2.24) is 25.3 Å². The molecule has 2 aromatic heterocycles. The lowest BCUT2D eigenvalue weighted by Crippen LogP contribution is -2.25. The molecule has 9 nitrogen and oxygen atoms in total. The molecule has 0 bridgehead atoms. The number of amides is 1. The van der Waals surface area contributed by atoms with Crippen molar-refractivity contribution in [2.24, 2.45) is 5.73 Å². The van der Waals surface area contributed by atoms with Crippen LogP contribution in [0.1, 0.15) is 50.0 Å². The molecule has 3 N–H and O–H groups in total. The second-order valence-corrected chi connectivity index (χ2v) is 10.9. The number of halogens is 2. The van der Waals surface area contributed by atoms with Crippen molar-refractivity contribution in [3.63, 3.8) is 0 Å². The fraction of sp³-hybridized carbons (Fsp3) is 0.323. The maximum atomic E-state index is 11.5. The number of aromatic nitrogens is 4. The van der Waals surface area contributed by atoms with Crippen LogP contribution in [-0.2, 0) is 11.2 Å². The second-order valence-electron chi connectivity index (χ2n) is 10.2. The maximum absolute atomic E-state index is 11.5. The smallest absolute Gasteiger partial charge is 0.237 e. The highest BCUT2D eigenvalue weighted by Gasteiger charge is 2.22. The molecule has 2 atom stereocenters. The van der Waals surface area contributed by atoms with E-state index in [1.165, 1.54) is 7.11 Å². The van der Waals surface area contributed by atoms with E-state index in [1.54, 1.807) is 19.5 Å². The van der Waals surface area contributed by atoms with Crippen LogP contribution in [0.4, 0.5) is 0 Å². The van der Waals surface area contributed by atoms with Gasteiger partial charge in [0.1, 0.15) is 11.4 Å². The molecule has 11 heteroatoms. The van der Waals surface area contributed by atoms with Crippen LogP contribution >= 0.6 is 23.2 Å². The summed E-state index contributed by atoms with van der Waals surface area (Å²) in [6.45, 7) is 1.82. The number of ether oxygens (including phenoxy) is 2. The van der Waals surface area contributed by atoms with E-state index in [0.29, 0.717) is 62.9 Å². The summed E-state index contributed by atoms with van der Waals surface area (Å²) in [4.78, 5) is 29.9. The third-order valence-electron chi connectivity index (χ3n) is 7.29. The van der Waals surface area contributed by atoms with E-state index >= 15 is 0 Å². The molecule has 3 heterocycles. The van der Waals surface area contributed by atoms with Gasteiger partial charge in [-0.25, -0.2) is 9.97 Å². The Morgan fingerprint density at radius 2 is 1.50 bits per heavy atom. The lowest BCUT2D eigenvalue weighted by atomic mass is 9.98. The number of nitrogens with one attached hydrogen (secondary N) is 1. The minimum atomic E-state index is -0.332. The fourth-order valence-electron chi connectivity index (χ4n) is 5.12. The standard InChI is InChI=1S/C31H32Cl2N6O3/c1-17(34)29-31(42-3)39-25(16-36-29)22-11-6-9-20(28(22)33)19-8-5-10-21(27(19)32)24-15-35-23(30(38-24)41-2)12-4-7-18-13-14-26(40)37-18/h5-6,8-11,15-18H,4,7,12-14,34H2,1-3H3,(H,37,40)/t17-,18+/m0/s1. The van der Waals surface area contributed by atoms with Gasteiger partial charge in [-0.3, -0.25) is 14.8 Å². The Morgan fingerprint density at radius 1 is 0.929 bits per heavy atom. The third kappa shape index (κ3) is 6.18. The predicted molar refractivity (Wildman–Crippen MR) is 164 cm³/mol. The van der Waals surface area contributed by atoms with E-state index in [1.807, 2.05) is 43.3 Å². The number of carbonyl (C=O) groups excluding carboxylic acids is 1. The Balaban J connectivity index is 1.43. The summed E-state index contributed by atoms with van der Waals surface area (Å²) in [5.74, 6) is 0.927. The maximum Gasteiger partial charge on any atom is 0.237 e. The first-order valence-electron chi connectivity index (χ1n) is 13.7. The summed E-state index contributed by atoms with van der Waals surface area (Å²) >= 11 is 13.9. The number of hydrogen-bond donors (Lipinski definition) is 2. The summed E-state index contributed by atoms with van der Waals surface area (Å²) in [5.41, 5.74) is 11.3. The van der Waals surface area contributed by atoms with E-state index < -0.39 is 0 Å². The van der Waals surface area contributed by atoms with Crippen LogP contribution in [0.15, 0.2) is 48.8 Å². The first-order chi connectivity index (χ1) is 20.3. The van der Waals surface area contributed by atoms with Crippen LogP contribution in [0, 0.1) is 0 Å². The Hall–Kier alpha value is -3.79. The zero-order valence-corrected chi connectivity index (χ0v) is 25.2. The number of nitrogens with zero attached hydrogens (tertiary/aromatic N) is 4. The first-order valence-corrected chi connectivity index (χ1v) is 14.5. The van der Waals surface area contributed by atoms with Crippen molar-refractivity contribution in [2.45, 2.75) is 51.1 Å². The number of aryl methyl sites for hydroxylation is 1. The van der Waals surface area contributed by atoms with E-state index in [2.05, 4.69) is 20.3 Å².